The molecule has 2 aliphatic rings. The number of rotatable bonds is 2. The van der Waals surface area contributed by atoms with E-state index in [1.165, 1.54) is 0 Å². The summed E-state index contributed by atoms with van der Waals surface area (Å²) in [5, 5.41) is 0. The van der Waals surface area contributed by atoms with Gasteiger partial charge in [-0.3, -0.25) is 4.90 Å². The molecule has 0 aromatic heterocycles. The normalized spacial score (nSPS) is 21.6. The van der Waals surface area contributed by atoms with Crippen molar-refractivity contribution in [3.63, 3.8) is 0 Å². The Balaban J connectivity index is 0.00000147. The number of piperidine rings is 1. The van der Waals surface area contributed by atoms with Crippen LogP contribution in [-0.2, 0) is 4.74 Å². The Hall–Kier alpha value is 0.0864. The molecule has 2 fully saturated rings. The summed E-state index contributed by atoms with van der Waals surface area (Å²) in [6, 6.07) is 10.4. The molecule has 0 aliphatic carbocycles. The Morgan fingerprint density at radius 3 is 2.55 bits per heavy atom. The van der Waals surface area contributed by atoms with Gasteiger partial charge >= 0.3 is 57.5 Å². The minimum absolute atomic E-state index is 0. The zero-order chi connectivity index (χ0) is 13.3. The molecular weight excluding hydrogens is 279 g/mol. The minimum Gasteiger partial charge on any atom is -0.441 e. The average Bonchev–Trinajstić information content (AvgIpc) is 2.77. The second-order valence-electron chi connectivity index (χ2n) is 5.33. The summed E-state index contributed by atoms with van der Waals surface area (Å²) in [5.74, 6) is 0. The fraction of sp³-hybridized carbons (Fsp3) is 0.533. The van der Waals surface area contributed by atoms with Crippen LogP contribution in [0.5, 0.6) is 0 Å². The Morgan fingerprint density at radius 2 is 1.95 bits per heavy atom. The largest absolute Gasteiger partial charge is 1.00 e. The minimum atomic E-state index is -0.275. The first-order valence-electron chi connectivity index (χ1n) is 6.91. The molecule has 5 heteroatoms. The fourth-order valence-corrected chi connectivity index (χ4v) is 2.92. The summed E-state index contributed by atoms with van der Waals surface area (Å²) in [5.41, 5.74) is 0.626. The number of hydrogen-bond donors (Lipinski definition) is 0. The van der Waals surface area contributed by atoms with Gasteiger partial charge in [0.1, 0.15) is 5.60 Å². The van der Waals surface area contributed by atoms with Gasteiger partial charge in [-0.1, -0.05) is 12.6 Å². The van der Waals surface area contributed by atoms with Crippen LogP contribution in [0.4, 0.5) is 10.5 Å². The van der Waals surface area contributed by atoms with Crippen molar-refractivity contribution < 1.29 is 60.9 Å². The number of carbonyl (C=O) groups is 1. The van der Waals surface area contributed by atoms with E-state index in [0.717, 1.165) is 38.2 Å². The van der Waals surface area contributed by atoms with Crippen molar-refractivity contribution in [2.75, 3.05) is 31.1 Å². The monoisotopic (exact) mass is 298 g/mol. The summed E-state index contributed by atoms with van der Waals surface area (Å²) < 4.78 is 5.70. The molecule has 3 rings (SSSR count). The number of carbonyl (C=O) groups excluding carboxylic acids is 1. The van der Waals surface area contributed by atoms with E-state index in [1.807, 2.05) is 24.3 Å². The molecule has 4 nitrogen and oxygen atoms in total. The Labute approximate surface area is 162 Å². The number of hydrogen-bond acceptors (Lipinski definition) is 3. The van der Waals surface area contributed by atoms with Crippen LogP contribution in [0.1, 0.15) is 19.8 Å². The van der Waals surface area contributed by atoms with Crippen LogP contribution in [0.15, 0.2) is 24.3 Å². The van der Waals surface area contributed by atoms with Gasteiger partial charge in [0.2, 0.25) is 0 Å². The third kappa shape index (κ3) is 3.29. The van der Waals surface area contributed by atoms with Gasteiger partial charge in [-0.05, 0) is 6.54 Å². The van der Waals surface area contributed by atoms with E-state index in [-0.39, 0.29) is 63.1 Å². The van der Waals surface area contributed by atoms with Gasteiger partial charge in [-0.2, -0.15) is 18.2 Å². The molecule has 1 amide bonds. The van der Waals surface area contributed by atoms with Crippen LogP contribution < -0.4 is 56.3 Å². The number of nitrogens with zero attached hydrogens (tertiary/aromatic N) is 2. The van der Waals surface area contributed by atoms with Crippen LogP contribution in [0, 0.1) is 6.07 Å². The second kappa shape index (κ2) is 6.90. The van der Waals surface area contributed by atoms with Crippen molar-refractivity contribution in [2.45, 2.75) is 25.4 Å². The van der Waals surface area contributed by atoms with Gasteiger partial charge in [0, 0.05) is 25.9 Å². The zero-order valence-electron chi connectivity index (χ0n) is 12.3. The van der Waals surface area contributed by atoms with E-state index in [1.54, 1.807) is 4.90 Å². The fourth-order valence-electron chi connectivity index (χ4n) is 2.92. The Bertz CT molecular complexity index is 458. The van der Waals surface area contributed by atoms with Crippen LogP contribution in [0.3, 0.4) is 0 Å². The number of amides is 1. The average molecular weight is 298 g/mol. The first-order chi connectivity index (χ1) is 9.22. The van der Waals surface area contributed by atoms with Crippen LogP contribution >= 0.6 is 0 Å². The van der Waals surface area contributed by atoms with Gasteiger partial charge in [-0.25, -0.2) is 4.79 Å². The third-order valence-corrected chi connectivity index (χ3v) is 4.20. The van der Waals surface area contributed by atoms with Crippen molar-refractivity contribution >= 4 is 11.8 Å². The van der Waals surface area contributed by atoms with E-state index in [2.05, 4.69) is 17.9 Å². The van der Waals surface area contributed by atoms with E-state index in [9.17, 15) is 4.79 Å². The Kier molecular flexibility index (Phi) is 5.68. The summed E-state index contributed by atoms with van der Waals surface area (Å²) in [6.07, 6.45) is 1.65. The smallest absolute Gasteiger partial charge is 0.441 e. The van der Waals surface area contributed by atoms with E-state index < -0.39 is 0 Å². The molecule has 0 saturated carbocycles. The topological polar surface area (TPSA) is 32.8 Å². The first kappa shape index (κ1) is 16.5. The molecule has 2 heterocycles. The van der Waals surface area contributed by atoms with Crippen LogP contribution in [0.25, 0.3) is 0 Å². The second-order valence-corrected chi connectivity index (χ2v) is 5.33. The molecule has 0 N–H and O–H groups in total. The van der Waals surface area contributed by atoms with Crippen molar-refractivity contribution in [3.05, 3.63) is 30.3 Å². The molecule has 1 aromatic carbocycles. The molecule has 2 saturated heterocycles. The molecule has 20 heavy (non-hydrogen) atoms. The summed E-state index contributed by atoms with van der Waals surface area (Å²) in [7, 11) is 0. The third-order valence-electron chi connectivity index (χ3n) is 4.20. The number of anilines is 1. The molecule has 0 radical (unpaired) electrons. The molecule has 0 atom stereocenters. The van der Waals surface area contributed by atoms with E-state index in [0.29, 0.717) is 6.54 Å². The summed E-state index contributed by atoms with van der Waals surface area (Å²) in [4.78, 5) is 16.2. The SMILES string of the molecule is CCN1CCC2(CC1)CN(c1cc[c-]cc1)C(=O)O2.[K+]. The molecule has 1 spiro atoms. The van der Waals surface area contributed by atoms with E-state index in [4.69, 9.17) is 4.74 Å². The molecule has 0 bridgehead atoms. The van der Waals surface area contributed by atoms with Crippen molar-refractivity contribution in [2.24, 2.45) is 0 Å². The van der Waals surface area contributed by atoms with Gasteiger partial charge in [0.05, 0.1) is 6.54 Å². The summed E-state index contributed by atoms with van der Waals surface area (Å²) >= 11 is 0. The number of benzene rings is 1. The maximum Gasteiger partial charge on any atom is 1.00 e. The maximum absolute atomic E-state index is 12.1. The van der Waals surface area contributed by atoms with Gasteiger partial charge in [0.25, 0.3) is 0 Å². The Morgan fingerprint density at radius 1 is 1.30 bits per heavy atom. The van der Waals surface area contributed by atoms with Gasteiger partial charge in [0.15, 0.2) is 0 Å². The van der Waals surface area contributed by atoms with Crippen molar-refractivity contribution in [3.8, 4) is 0 Å². The standard InChI is InChI=1S/C15H19N2O2.K/c1-2-16-10-8-15(9-11-16)12-17(14(18)19-15)13-6-4-3-5-7-13;/h4-7H,2,8-12H2,1H3;/q-1;+1. The quantitative estimate of drug-likeness (QED) is 0.535. The number of likely N-dealkylation sites (tertiary alicyclic amines) is 1. The van der Waals surface area contributed by atoms with Crippen molar-refractivity contribution in [1.82, 2.24) is 4.90 Å². The van der Waals surface area contributed by atoms with Gasteiger partial charge in [-0.15, -0.1) is 12.1 Å². The predicted molar refractivity (Wildman–Crippen MR) is 73.2 cm³/mol. The van der Waals surface area contributed by atoms with Crippen molar-refractivity contribution in [1.29, 1.82) is 0 Å². The first-order valence-corrected chi connectivity index (χ1v) is 6.91. The molecular formula is C15H19KN2O2. The van der Waals surface area contributed by atoms with Crippen LogP contribution in [-0.4, -0.2) is 42.8 Å². The zero-order valence-corrected chi connectivity index (χ0v) is 15.4. The summed E-state index contributed by atoms with van der Waals surface area (Å²) in [6.45, 7) is 5.95. The molecule has 2 aliphatic heterocycles. The molecule has 0 unspecified atom stereocenters. The molecule has 102 valence electrons. The molecule has 1 aromatic rings. The number of ether oxygens (including phenoxy) is 1. The van der Waals surface area contributed by atoms with E-state index >= 15 is 0 Å². The van der Waals surface area contributed by atoms with Gasteiger partial charge < -0.3 is 9.64 Å². The predicted octanol–water partition coefficient (Wildman–Crippen LogP) is -0.698. The maximum atomic E-state index is 12.1. The van der Waals surface area contributed by atoms with Crippen LogP contribution in [0.2, 0.25) is 0 Å².